The van der Waals surface area contributed by atoms with Crippen LogP contribution in [0.1, 0.15) is 46.4 Å². The van der Waals surface area contributed by atoms with Crippen LogP contribution in [0.2, 0.25) is 0 Å². The van der Waals surface area contributed by atoms with E-state index in [2.05, 4.69) is 15.5 Å². The maximum Gasteiger partial charge on any atom is 0.264 e. The third-order valence-electron chi connectivity index (χ3n) is 6.16. The Balaban J connectivity index is 1.46. The molecule has 1 atom stereocenters. The summed E-state index contributed by atoms with van der Waals surface area (Å²) < 4.78 is 0. The van der Waals surface area contributed by atoms with Crippen molar-refractivity contribution in [2.75, 3.05) is 37.4 Å². The molecule has 2 saturated heterocycles. The van der Waals surface area contributed by atoms with E-state index in [1.165, 1.54) is 0 Å². The van der Waals surface area contributed by atoms with E-state index in [0.717, 1.165) is 37.4 Å². The van der Waals surface area contributed by atoms with Crippen LogP contribution in [-0.2, 0) is 9.59 Å². The number of imide groups is 2. The van der Waals surface area contributed by atoms with Crippen molar-refractivity contribution in [3.63, 3.8) is 0 Å². The van der Waals surface area contributed by atoms with Gasteiger partial charge in [0.1, 0.15) is 6.04 Å². The minimum atomic E-state index is -0.950. The zero-order chi connectivity index (χ0) is 21.3. The Morgan fingerprint density at radius 2 is 1.83 bits per heavy atom. The molecule has 0 aromatic heterocycles. The Morgan fingerprint density at radius 1 is 1.07 bits per heavy atom. The van der Waals surface area contributed by atoms with Crippen molar-refractivity contribution < 1.29 is 19.2 Å². The first-order valence-electron chi connectivity index (χ1n) is 10.4. The van der Waals surface area contributed by atoms with Crippen molar-refractivity contribution in [3.05, 3.63) is 29.3 Å². The summed E-state index contributed by atoms with van der Waals surface area (Å²) in [6.45, 7) is 3.63. The first-order valence-corrected chi connectivity index (χ1v) is 10.9. The van der Waals surface area contributed by atoms with E-state index in [1.807, 2.05) is 0 Å². The highest BCUT2D eigenvalue weighted by Gasteiger charge is 2.45. The molecule has 0 spiro atoms. The summed E-state index contributed by atoms with van der Waals surface area (Å²) >= 11 is 5.82. The van der Waals surface area contributed by atoms with Crippen LogP contribution in [-0.4, -0.2) is 71.5 Å². The molecule has 8 nitrogen and oxygen atoms in total. The van der Waals surface area contributed by atoms with Gasteiger partial charge < -0.3 is 10.2 Å². The molecule has 1 aromatic carbocycles. The average Bonchev–Trinajstić information content (AvgIpc) is 2.99. The third kappa shape index (κ3) is 3.94. The second-order valence-electron chi connectivity index (χ2n) is 8.03. The van der Waals surface area contributed by atoms with E-state index in [4.69, 9.17) is 11.6 Å². The maximum atomic E-state index is 13.1. The molecule has 0 radical (unpaired) electrons. The summed E-state index contributed by atoms with van der Waals surface area (Å²) in [4.78, 5) is 53.0. The number of nitrogens with zero attached hydrogens (tertiary/aromatic N) is 2. The van der Waals surface area contributed by atoms with Gasteiger partial charge in [-0.15, -0.1) is 11.6 Å². The van der Waals surface area contributed by atoms with Crippen LogP contribution in [0.4, 0.5) is 5.69 Å². The molecule has 2 N–H and O–H groups in total. The quantitative estimate of drug-likeness (QED) is 0.521. The monoisotopic (exact) mass is 432 g/mol. The predicted octanol–water partition coefficient (Wildman–Crippen LogP) is 1.45. The van der Waals surface area contributed by atoms with E-state index in [9.17, 15) is 19.2 Å². The number of benzene rings is 1. The number of halogens is 1. The predicted molar refractivity (Wildman–Crippen MR) is 111 cm³/mol. The van der Waals surface area contributed by atoms with Crippen molar-refractivity contribution in [1.29, 1.82) is 0 Å². The van der Waals surface area contributed by atoms with Gasteiger partial charge in [-0.1, -0.05) is 6.07 Å². The summed E-state index contributed by atoms with van der Waals surface area (Å²) in [7, 11) is 0. The number of carbonyl (C=O) groups excluding carboxylic acids is 4. The van der Waals surface area contributed by atoms with Crippen molar-refractivity contribution in [1.82, 2.24) is 15.1 Å². The first kappa shape index (κ1) is 20.8. The molecule has 30 heavy (non-hydrogen) atoms. The molecule has 9 heteroatoms. The van der Waals surface area contributed by atoms with Gasteiger partial charge in [-0.25, -0.2) is 0 Å². The molecule has 2 fully saturated rings. The summed E-state index contributed by atoms with van der Waals surface area (Å²) in [5.41, 5.74) is 1.22. The molecule has 0 aliphatic carbocycles. The smallest absolute Gasteiger partial charge is 0.264 e. The van der Waals surface area contributed by atoms with Gasteiger partial charge in [0.15, 0.2) is 0 Å². The highest BCUT2D eigenvalue weighted by Crippen LogP contribution is 2.32. The van der Waals surface area contributed by atoms with Crippen LogP contribution < -0.4 is 10.6 Å². The normalized spacial score (nSPS) is 23.0. The Labute approximate surface area is 179 Å². The minimum absolute atomic E-state index is 0.108. The fraction of sp³-hybridized carbons (Fsp3) is 0.524. The minimum Gasteiger partial charge on any atom is -0.384 e. The number of hydrogen-bond donors (Lipinski definition) is 2. The molecule has 3 heterocycles. The van der Waals surface area contributed by atoms with Gasteiger partial charge in [0, 0.05) is 31.1 Å². The molecule has 4 amide bonds. The zero-order valence-electron chi connectivity index (χ0n) is 16.7. The molecule has 1 unspecified atom stereocenters. The van der Waals surface area contributed by atoms with Gasteiger partial charge in [0.2, 0.25) is 11.8 Å². The highest BCUT2D eigenvalue weighted by molar-refractivity contribution is 6.25. The Hall–Kier alpha value is -2.45. The first-order chi connectivity index (χ1) is 14.5. The second kappa shape index (κ2) is 8.73. The summed E-state index contributed by atoms with van der Waals surface area (Å²) in [6.07, 6.45) is 2.36. The lowest BCUT2D eigenvalue weighted by molar-refractivity contribution is -0.136. The van der Waals surface area contributed by atoms with E-state index in [-0.39, 0.29) is 18.7 Å². The van der Waals surface area contributed by atoms with Crippen molar-refractivity contribution in [2.24, 2.45) is 5.92 Å². The standard InChI is InChI=1S/C21H25ClN4O4/c22-8-11-25-9-6-13(7-10-25)12-23-15-3-1-2-14-18(15)21(30)26(20(14)29)16-4-5-17(27)24-19(16)28/h1-3,13,16,23H,4-12H2,(H,24,27,28). The van der Waals surface area contributed by atoms with Gasteiger partial charge in [-0.3, -0.25) is 29.4 Å². The second-order valence-corrected chi connectivity index (χ2v) is 8.41. The number of carbonyl (C=O) groups is 4. The summed E-state index contributed by atoms with van der Waals surface area (Å²) in [5, 5.41) is 5.57. The summed E-state index contributed by atoms with van der Waals surface area (Å²) in [5.74, 6) is -0.831. The lowest BCUT2D eigenvalue weighted by Crippen LogP contribution is -2.54. The highest BCUT2D eigenvalue weighted by atomic mass is 35.5. The van der Waals surface area contributed by atoms with Crippen LogP contribution in [0.15, 0.2) is 18.2 Å². The molecule has 0 saturated carbocycles. The van der Waals surface area contributed by atoms with E-state index in [1.54, 1.807) is 18.2 Å². The molecular weight excluding hydrogens is 408 g/mol. The van der Waals surface area contributed by atoms with Gasteiger partial charge in [0.25, 0.3) is 11.8 Å². The van der Waals surface area contributed by atoms with Gasteiger partial charge in [-0.05, 0) is 50.4 Å². The van der Waals surface area contributed by atoms with Gasteiger partial charge in [-0.2, -0.15) is 0 Å². The van der Waals surface area contributed by atoms with Crippen LogP contribution in [0.5, 0.6) is 0 Å². The van der Waals surface area contributed by atoms with E-state index < -0.39 is 23.8 Å². The van der Waals surface area contributed by atoms with Crippen molar-refractivity contribution in [2.45, 2.75) is 31.7 Å². The van der Waals surface area contributed by atoms with Crippen LogP contribution in [0.25, 0.3) is 0 Å². The number of amides is 4. The van der Waals surface area contributed by atoms with Crippen LogP contribution >= 0.6 is 11.6 Å². The van der Waals surface area contributed by atoms with Gasteiger partial charge in [0.05, 0.1) is 11.1 Å². The fourth-order valence-corrected chi connectivity index (χ4v) is 4.69. The molecule has 160 valence electrons. The molecule has 1 aromatic rings. The Morgan fingerprint density at radius 3 is 2.53 bits per heavy atom. The van der Waals surface area contributed by atoms with Crippen LogP contribution in [0, 0.1) is 5.92 Å². The number of nitrogens with one attached hydrogen (secondary N) is 2. The largest absolute Gasteiger partial charge is 0.384 e. The number of piperidine rings is 2. The van der Waals surface area contributed by atoms with E-state index in [0.29, 0.717) is 35.2 Å². The number of fused-ring (bicyclic) bond motifs is 1. The summed E-state index contributed by atoms with van der Waals surface area (Å²) in [6, 6.07) is 4.19. The van der Waals surface area contributed by atoms with Crippen molar-refractivity contribution >= 4 is 40.9 Å². The number of alkyl halides is 1. The number of rotatable bonds is 6. The topological polar surface area (TPSA) is 98.8 Å². The molecule has 3 aliphatic rings. The lowest BCUT2D eigenvalue weighted by Gasteiger charge is -2.31. The molecular formula is C21H25ClN4O4. The number of hydrogen-bond acceptors (Lipinski definition) is 6. The average molecular weight is 433 g/mol. The SMILES string of the molecule is O=C1CCC(N2C(=O)c3cccc(NCC4CCN(CCCl)CC4)c3C2=O)C(=O)N1. The molecule has 0 bridgehead atoms. The number of anilines is 1. The zero-order valence-corrected chi connectivity index (χ0v) is 17.4. The fourth-order valence-electron chi connectivity index (χ4n) is 4.45. The third-order valence-corrected chi connectivity index (χ3v) is 6.33. The molecule has 3 aliphatic heterocycles. The number of likely N-dealkylation sites (tertiary alicyclic amines) is 1. The molecule has 4 rings (SSSR count). The van der Waals surface area contributed by atoms with Crippen LogP contribution in [0.3, 0.4) is 0 Å². The van der Waals surface area contributed by atoms with Gasteiger partial charge >= 0.3 is 0 Å². The van der Waals surface area contributed by atoms with E-state index >= 15 is 0 Å². The Kier molecular flexibility index (Phi) is 6.06. The Bertz CT molecular complexity index is 882. The lowest BCUT2D eigenvalue weighted by atomic mass is 9.96. The maximum absolute atomic E-state index is 13.1. The van der Waals surface area contributed by atoms with Crippen molar-refractivity contribution in [3.8, 4) is 0 Å².